The first kappa shape index (κ1) is 13.7. The molecule has 0 bridgehead atoms. The molecule has 1 unspecified atom stereocenters. The second kappa shape index (κ2) is 6.39. The molecular weight excluding hydrogens is 216 g/mol. The summed E-state index contributed by atoms with van der Waals surface area (Å²) in [7, 11) is 5.75. The highest BCUT2D eigenvalue weighted by molar-refractivity contribution is 5.31. The molecule has 0 spiro atoms. The minimum atomic E-state index is 0.337. The van der Waals surface area contributed by atoms with Crippen molar-refractivity contribution in [3.8, 4) is 5.88 Å². The molecule has 1 aromatic rings. The minimum Gasteiger partial charge on any atom is -0.481 e. The standard InChI is InChI=1S/C12H22N4O/c1-9(6-7-16(3)4)13-12-14-10(2)8-11(15-12)17-5/h8-9H,6-7H2,1-5H3,(H,13,14,15). The van der Waals surface area contributed by atoms with Gasteiger partial charge in [-0.1, -0.05) is 0 Å². The maximum Gasteiger partial charge on any atom is 0.226 e. The molecule has 1 atom stereocenters. The molecule has 0 amide bonds. The van der Waals surface area contributed by atoms with Gasteiger partial charge >= 0.3 is 0 Å². The quantitative estimate of drug-likeness (QED) is 0.815. The van der Waals surface area contributed by atoms with Crippen molar-refractivity contribution in [3.63, 3.8) is 0 Å². The van der Waals surface area contributed by atoms with Gasteiger partial charge in [0, 0.05) is 17.8 Å². The van der Waals surface area contributed by atoms with E-state index in [1.54, 1.807) is 7.11 Å². The van der Waals surface area contributed by atoms with Crippen LogP contribution in [0.25, 0.3) is 0 Å². The van der Waals surface area contributed by atoms with Gasteiger partial charge in [0.2, 0.25) is 11.8 Å². The number of nitrogens with one attached hydrogen (secondary N) is 1. The highest BCUT2D eigenvalue weighted by Gasteiger charge is 2.07. The van der Waals surface area contributed by atoms with Crippen molar-refractivity contribution in [2.75, 3.05) is 33.1 Å². The van der Waals surface area contributed by atoms with E-state index in [1.807, 2.05) is 13.0 Å². The van der Waals surface area contributed by atoms with Crippen LogP contribution in [0.1, 0.15) is 19.0 Å². The van der Waals surface area contributed by atoms with Crippen LogP contribution in [-0.2, 0) is 0 Å². The minimum absolute atomic E-state index is 0.337. The molecule has 0 saturated carbocycles. The van der Waals surface area contributed by atoms with E-state index in [1.165, 1.54) is 0 Å². The first-order chi connectivity index (χ1) is 8.01. The molecule has 0 aliphatic rings. The fourth-order valence-electron chi connectivity index (χ4n) is 1.45. The van der Waals surface area contributed by atoms with E-state index in [4.69, 9.17) is 4.74 Å². The number of rotatable bonds is 6. The topological polar surface area (TPSA) is 50.3 Å². The predicted octanol–water partition coefficient (Wildman–Crippen LogP) is 1.55. The summed E-state index contributed by atoms with van der Waals surface area (Å²) in [6.45, 7) is 5.10. The van der Waals surface area contributed by atoms with Crippen LogP contribution in [0.4, 0.5) is 5.95 Å². The molecule has 0 saturated heterocycles. The molecule has 0 aliphatic heterocycles. The average molecular weight is 238 g/mol. The van der Waals surface area contributed by atoms with Crippen LogP contribution in [0.2, 0.25) is 0 Å². The Balaban J connectivity index is 2.58. The Morgan fingerprint density at radius 2 is 2.12 bits per heavy atom. The zero-order valence-corrected chi connectivity index (χ0v) is 11.3. The van der Waals surface area contributed by atoms with Crippen LogP contribution in [-0.4, -0.2) is 48.7 Å². The Bertz CT molecular complexity index is 354. The summed E-state index contributed by atoms with van der Waals surface area (Å²) in [5.41, 5.74) is 0.902. The van der Waals surface area contributed by atoms with Crippen LogP contribution in [0.5, 0.6) is 5.88 Å². The van der Waals surface area contributed by atoms with Crippen LogP contribution < -0.4 is 10.1 Å². The number of ether oxygens (including phenoxy) is 1. The number of anilines is 1. The summed E-state index contributed by atoms with van der Waals surface area (Å²) < 4.78 is 5.12. The molecule has 96 valence electrons. The van der Waals surface area contributed by atoms with Gasteiger partial charge in [-0.15, -0.1) is 0 Å². The van der Waals surface area contributed by atoms with Crippen LogP contribution in [0.3, 0.4) is 0 Å². The molecule has 1 N–H and O–H groups in total. The molecular formula is C12H22N4O. The normalized spacial score (nSPS) is 12.6. The first-order valence-corrected chi connectivity index (χ1v) is 5.82. The van der Waals surface area contributed by atoms with Gasteiger partial charge in [-0.05, 0) is 40.9 Å². The largest absolute Gasteiger partial charge is 0.481 e. The van der Waals surface area contributed by atoms with Gasteiger partial charge in [-0.2, -0.15) is 4.98 Å². The molecule has 0 radical (unpaired) electrons. The average Bonchev–Trinajstić information content (AvgIpc) is 2.25. The van der Waals surface area contributed by atoms with E-state index < -0.39 is 0 Å². The fraction of sp³-hybridized carbons (Fsp3) is 0.667. The van der Waals surface area contributed by atoms with E-state index in [0.29, 0.717) is 17.9 Å². The number of aryl methyl sites for hydroxylation is 1. The Morgan fingerprint density at radius 3 is 2.71 bits per heavy atom. The van der Waals surface area contributed by atoms with Gasteiger partial charge in [0.05, 0.1) is 7.11 Å². The molecule has 5 nitrogen and oxygen atoms in total. The molecule has 0 aromatic carbocycles. The second-order valence-corrected chi connectivity index (χ2v) is 4.51. The zero-order valence-electron chi connectivity index (χ0n) is 11.3. The van der Waals surface area contributed by atoms with Gasteiger partial charge in [0.25, 0.3) is 0 Å². The van der Waals surface area contributed by atoms with Gasteiger partial charge in [-0.25, -0.2) is 4.98 Å². The summed E-state index contributed by atoms with van der Waals surface area (Å²) in [6, 6.07) is 2.15. The van der Waals surface area contributed by atoms with Crippen LogP contribution in [0.15, 0.2) is 6.07 Å². The number of hydrogen-bond donors (Lipinski definition) is 1. The highest BCUT2D eigenvalue weighted by atomic mass is 16.5. The third kappa shape index (κ3) is 4.99. The Morgan fingerprint density at radius 1 is 1.41 bits per heavy atom. The molecule has 1 rings (SSSR count). The van der Waals surface area contributed by atoms with Crippen molar-refractivity contribution in [1.82, 2.24) is 14.9 Å². The Labute approximate surface area is 103 Å². The predicted molar refractivity (Wildman–Crippen MR) is 69.6 cm³/mol. The van der Waals surface area contributed by atoms with Crippen LogP contribution in [0, 0.1) is 6.92 Å². The van der Waals surface area contributed by atoms with E-state index >= 15 is 0 Å². The summed E-state index contributed by atoms with van der Waals surface area (Å²) in [5, 5.41) is 3.28. The number of methoxy groups -OCH3 is 1. The van der Waals surface area contributed by atoms with E-state index in [0.717, 1.165) is 18.7 Å². The summed E-state index contributed by atoms with van der Waals surface area (Å²) in [6.07, 6.45) is 1.05. The van der Waals surface area contributed by atoms with Gasteiger partial charge in [0.15, 0.2) is 0 Å². The SMILES string of the molecule is COc1cc(C)nc(NC(C)CCN(C)C)n1. The van der Waals surface area contributed by atoms with Crippen molar-refractivity contribution < 1.29 is 4.74 Å². The summed E-state index contributed by atoms with van der Waals surface area (Å²) in [4.78, 5) is 10.8. The van der Waals surface area contributed by atoms with Crippen molar-refractivity contribution in [2.24, 2.45) is 0 Å². The summed E-state index contributed by atoms with van der Waals surface area (Å²) >= 11 is 0. The number of hydrogen-bond acceptors (Lipinski definition) is 5. The van der Waals surface area contributed by atoms with E-state index in [-0.39, 0.29) is 0 Å². The van der Waals surface area contributed by atoms with E-state index in [9.17, 15) is 0 Å². The van der Waals surface area contributed by atoms with Gasteiger partial charge in [0.1, 0.15) is 0 Å². The lowest BCUT2D eigenvalue weighted by Gasteiger charge is -2.17. The maximum absolute atomic E-state index is 5.12. The van der Waals surface area contributed by atoms with Crippen molar-refractivity contribution in [2.45, 2.75) is 26.3 Å². The molecule has 1 aromatic heterocycles. The molecule has 0 fully saturated rings. The van der Waals surface area contributed by atoms with Crippen LogP contribution >= 0.6 is 0 Å². The van der Waals surface area contributed by atoms with E-state index in [2.05, 4.69) is 41.2 Å². The lowest BCUT2D eigenvalue weighted by Crippen LogP contribution is -2.24. The fourth-order valence-corrected chi connectivity index (χ4v) is 1.45. The van der Waals surface area contributed by atoms with Crippen molar-refractivity contribution >= 4 is 5.95 Å². The Kier molecular flexibility index (Phi) is 5.15. The molecule has 0 aliphatic carbocycles. The molecule has 1 heterocycles. The first-order valence-electron chi connectivity index (χ1n) is 5.82. The third-order valence-corrected chi connectivity index (χ3v) is 2.42. The van der Waals surface area contributed by atoms with Gasteiger partial charge in [-0.3, -0.25) is 0 Å². The second-order valence-electron chi connectivity index (χ2n) is 4.51. The van der Waals surface area contributed by atoms with Crippen molar-refractivity contribution in [1.29, 1.82) is 0 Å². The lowest BCUT2D eigenvalue weighted by atomic mass is 10.2. The monoisotopic (exact) mass is 238 g/mol. The third-order valence-electron chi connectivity index (χ3n) is 2.42. The van der Waals surface area contributed by atoms with Gasteiger partial charge < -0.3 is 15.0 Å². The smallest absolute Gasteiger partial charge is 0.226 e. The highest BCUT2D eigenvalue weighted by Crippen LogP contribution is 2.12. The maximum atomic E-state index is 5.12. The summed E-state index contributed by atoms with van der Waals surface area (Å²) in [5.74, 6) is 1.23. The molecule has 5 heteroatoms. The molecule has 17 heavy (non-hydrogen) atoms. The zero-order chi connectivity index (χ0) is 12.8. The lowest BCUT2D eigenvalue weighted by molar-refractivity contribution is 0.388. The Hall–Kier alpha value is -1.36. The number of nitrogens with zero attached hydrogens (tertiary/aromatic N) is 3. The van der Waals surface area contributed by atoms with Crippen molar-refractivity contribution in [3.05, 3.63) is 11.8 Å². The number of aromatic nitrogens is 2.